The molecule has 1 amide bonds. The molecule has 2 rings (SSSR count). The largest absolute Gasteiger partial charge is 0.486 e. The number of nitrogens with zero attached hydrogens (tertiary/aromatic N) is 2. The minimum Gasteiger partial charge on any atom is -0.486 e. The monoisotopic (exact) mass is 343 g/mol. The standard InChI is InChI=1S/C15H21N3O4.ClH/c1-16-12-5-4-9-17(11-12)15(19)8-10-22-14-7-3-2-6-13(14)18(20)21;/h2-3,6-7,12,16H,4-5,8-11H2,1H3;1H. The maximum Gasteiger partial charge on any atom is 0.310 e. The molecule has 1 fully saturated rings. The van der Waals surface area contributed by atoms with Crippen molar-refractivity contribution >= 4 is 24.0 Å². The number of benzene rings is 1. The predicted molar refractivity (Wildman–Crippen MR) is 89.1 cm³/mol. The minimum absolute atomic E-state index is 0. The SMILES string of the molecule is CNC1CCCN(C(=O)CCOc2ccccc2[N+](=O)[O-])C1.Cl. The van der Waals surface area contributed by atoms with Crippen molar-refractivity contribution in [3.05, 3.63) is 34.4 Å². The highest BCUT2D eigenvalue weighted by molar-refractivity contribution is 5.85. The number of hydrogen-bond acceptors (Lipinski definition) is 5. The van der Waals surface area contributed by atoms with Gasteiger partial charge in [-0.3, -0.25) is 14.9 Å². The van der Waals surface area contributed by atoms with Gasteiger partial charge in [0.1, 0.15) is 0 Å². The second-order valence-electron chi connectivity index (χ2n) is 5.29. The summed E-state index contributed by atoms with van der Waals surface area (Å²) in [5.74, 6) is 0.227. The third-order valence-corrected chi connectivity index (χ3v) is 3.82. The van der Waals surface area contributed by atoms with Gasteiger partial charge in [-0.2, -0.15) is 0 Å². The van der Waals surface area contributed by atoms with Crippen LogP contribution in [-0.2, 0) is 4.79 Å². The summed E-state index contributed by atoms with van der Waals surface area (Å²) < 4.78 is 5.41. The lowest BCUT2D eigenvalue weighted by Crippen LogP contribution is -2.47. The van der Waals surface area contributed by atoms with E-state index >= 15 is 0 Å². The molecule has 0 aromatic heterocycles. The Hall–Kier alpha value is -1.86. The molecular weight excluding hydrogens is 322 g/mol. The van der Waals surface area contributed by atoms with Crippen LogP contribution in [0.1, 0.15) is 19.3 Å². The zero-order valence-corrected chi connectivity index (χ0v) is 13.9. The van der Waals surface area contributed by atoms with Crippen molar-refractivity contribution in [3.63, 3.8) is 0 Å². The zero-order chi connectivity index (χ0) is 15.9. The van der Waals surface area contributed by atoms with Crippen molar-refractivity contribution in [1.29, 1.82) is 0 Å². The van der Waals surface area contributed by atoms with Gasteiger partial charge in [0, 0.05) is 25.2 Å². The first-order valence-electron chi connectivity index (χ1n) is 7.43. The molecule has 1 N–H and O–H groups in total. The van der Waals surface area contributed by atoms with Gasteiger partial charge in [-0.25, -0.2) is 0 Å². The Labute approximate surface area is 141 Å². The Morgan fingerprint density at radius 1 is 1.48 bits per heavy atom. The van der Waals surface area contributed by atoms with E-state index in [0.717, 1.165) is 19.4 Å². The summed E-state index contributed by atoms with van der Waals surface area (Å²) in [5.41, 5.74) is -0.0804. The van der Waals surface area contributed by atoms with Gasteiger partial charge in [0.2, 0.25) is 5.91 Å². The van der Waals surface area contributed by atoms with Crippen LogP contribution in [0.3, 0.4) is 0 Å². The van der Waals surface area contributed by atoms with Gasteiger partial charge < -0.3 is 15.0 Å². The van der Waals surface area contributed by atoms with E-state index in [1.807, 2.05) is 11.9 Å². The van der Waals surface area contributed by atoms with Crippen molar-refractivity contribution in [3.8, 4) is 5.75 Å². The molecule has 0 aliphatic carbocycles. The lowest BCUT2D eigenvalue weighted by Gasteiger charge is -2.32. The van der Waals surface area contributed by atoms with Crippen LogP contribution in [0.15, 0.2) is 24.3 Å². The zero-order valence-electron chi connectivity index (χ0n) is 13.1. The fourth-order valence-corrected chi connectivity index (χ4v) is 2.58. The molecule has 0 spiro atoms. The molecule has 1 atom stereocenters. The van der Waals surface area contributed by atoms with Gasteiger partial charge in [0.05, 0.1) is 18.0 Å². The quantitative estimate of drug-likeness (QED) is 0.630. The number of piperidine rings is 1. The van der Waals surface area contributed by atoms with Gasteiger partial charge in [-0.05, 0) is 26.0 Å². The Kier molecular flexibility index (Phi) is 7.77. The lowest BCUT2D eigenvalue weighted by atomic mass is 10.1. The second-order valence-corrected chi connectivity index (χ2v) is 5.29. The van der Waals surface area contributed by atoms with Crippen molar-refractivity contribution in [1.82, 2.24) is 10.2 Å². The van der Waals surface area contributed by atoms with Crippen molar-refractivity contribution in [2.24, 2.45) is 0 Å². The summed E-state index contributed by atoms with van der Waals surface area (Å²) in [4.78, 5) is 24.4. The maximum atomic E-state index is 12.2. The summed E-state index contributed by atoms with van der Waals surface area (Å²) in [6.45, 7) is 1.62. The molecule has 1 saturated heterocycles. The molecule has 1 unspecified atom stereocenters. The summed E-state index contributed by atoms with van der Waals surface area (Å²) in [6.07, 6.45) is 2.29. The van der Waals surface area contributed by atoms with Crippen molar-refractivity contribution in [2.45, 2.75) is 25.3 Å². The van der Waals surface area contributed by atoms with Crippen LogP contribution in [0.2, 0.25) is 0 Å². The summed E-state index contributed by atoms with van der Waals surface area (Å²) in [5, 5.41) is 14.1. The van der Waals surface area contributed by atoms with Crippen LogP contribution in [-0.4, -0.2) is 48.5 Å². The molecule has 7 nitrogen and oxygen atoms in total. The predicted octanol–water partition coefficient (Wildman–Crippen LogP) is 2.00. The van der Waals surface area contributed by atoms with E-state index in [1.54, 1.807) is 18.2 Å². The normalized spacial score (nSPS) is 17.3. The average Bonchev–Trinajstić information content (AvgIpc) is 2.55. The first-order chi connectivity index (χ1) is 10.6. The molecule has 128 valence electrons. The fraction of sp³-hybridized carbons (Fsp3) is 0.533. The molecule has 1 aliphatic heterocycles. The minimum atomic E-state index is -0.487. The summed E-state index contributed by atoms with van der Waals surface area (Å²) in [7, 11) is 1.90. The number of carbonyl (C=O) groups excluding carboxylic acids is 1. The molecule has 1 aromatic rings. The molecular formula is C15H22ClN3O4. The molecule has 0 bridgehead atoms. The molecule has 0 saturated carbocycles. The molecule has 1 aromatic carbocycles. The molecule has 1 aliphatic rings. The van der Waals surface area contributed by atoms with Crippen LogP contribution >= 0.6 is 12.4 Å². The van der Waals surface area contributed by atoms with Gasteiger partial charge in [0.15, 0.2) is 5.75 Å². The highest BCUT2D eigenvalue weighted by Crippen LogP contribution is 2.25. The van der Waals surface area contributed by atoms with E-state index < -0.39 is 4.92 Å². The Balaban J connectivity index is 0.00000264. The number of nitro groups is 1. The number of nitrogens with one attached hydrogen (secondary N) is 1. The smallest absolute Gasteiger partial charge is 0.310 e. The van der Waals surface area contributed by atoms with Crippen molar-refractivity contribution in [2.75, 3.05) is 26.7 Å². The number of nitro benzene ring substituents is 1. The Bertz CT molecular complexity index is 541. The average molecular weight is 344 g/mol. The Morgan fingerprint density at radius 3 is 2.91 bits per heavy atom. The van der Waals surface area contributed by atoms with Crippen LogP contribution < -0.4 is 10.1 Å². The van der Waals surface area contributed by atoms with Crippen LogP contribution in [0.25, 0.3) is 0 Å². The van der Waals surface area contributed by atoms with Gasteiger partial charge in [-0.15, -0.1) is 12.4 Å². The molecule has 0 radical (unpaired) electrons. The number of likely N-dealkylation sites (N-methyl/N-ethyl adjacent to an activating group) is 1. The van der Waals surface area contributed by atoms with Gasteiger partial charge in [-0.1, -0.05) is 12.1 Å². The third kappa shape index (κ3) is 5.37. The highest BCUT2D eigenvalue weighted by atomic mass is 35.5. The Morgan fingerprint density at radius 2 is 2.22 bits per heavy atom. The summed E-state index contributed by atoms with van der Waals surface area (Å²) in [6, 6.07) is 6.53. The first kappa shape index (κ1) is 19.2. The number of para-hydroxylation sites is 2. The lowest BCUT2D eigenvalue weighted by molar-refractivity contribution is -0.385. The number of amides is 1. The number of carbonyl (C=O) groups is 1. The summed E-state index contributed by atoms with van der Waals surface area (Å²) >= 11 is 0. The number of hydrogen-bond donors (Lipinski definition) is 1. The van der Waals surface area contributed by atoms with E-state index in [1.165, 1.54) is 6.07 Å². The van der Waals surface area contributed by atoms with Crippen LogP contribution in [0.5, 0.6) is 5.75 Å². The maximum absolute atomic E-state index is 12.2. The molecule has 8 heteroatoms. The van der Waals surface area contributed by atoms with E-state index in [9.17, 15) is 14.9 Å². The third-order valence-electron chi connectivity index (χ3n) is 3.82. The first-order valence-corrected chi connectivity index (χ1v) is 7.43. The molecule has 23 heavy (non-hydrogen) atoms. The van der Waals surface area contributed by atoms with E-state index in [-0.39, 0.29) is 42.8 Å². The van der Waals surface area contributed by atoms with E-state index in [2.05, 4.69) is 5.32 Å². The number of rotatable bonds is 6. The van der Waals surface area contributed by atoms with Crippen LogP contribution in [0, 0.1) is 10.1 Å². The van der Waals surface area contributed by atoms with E-state index in [0.29, 0.717) is 12.6 Å². The van der Waals surface area contributed by atoms with Crippen LogP contribution in [0.4, 0.5) is 5.69 Å². The highest BCUT2D eigenvalue weighted by Gasteiger charge is 2.22. The van der Waals surface area contributed by atoms with Gasteiger partial charge in [0.25, 0.3) is 0 Å². The second kappa shape index (κ2) is 9.32. The molecule has 1 heterocycles. The van der Waals surface area contributed by atoms with Crippen molar-refractivity contribution < 1.29 is 14.5 Å². The fourth-order valence-electron chi connectivity index (χ4n) is 2.58. The van der Waals surface area contributed by atoms with Gasteiger partial charge >= 0.3 is 5.69 Å². The number of ether oxygens (including phenoxy) is 1. The number of halogens is 1. The topological polar surface area (TPSA) is 84.7 Å². The number of likely N-dealkylation sites (tertiary alicyclic amines) is 1. The van der Waals surface area contributed by atoms with E-state index in [4.69, 9.17) is 4.74 Å².